The van der Waals surface area contributed by atoms with Gasteiger partial charge < -0.3 is 18.6 Å². The average Bonchev–Trinajstić information content (AvgIpc) is 1.99. The zero-order chi connectivity index (χ0) is 7.82. The lowest BCUT2D eigenvalue weighted by Crippen LogP contribution is -2.19. The van der Waals surface area contributed by atoms with Gasteiger partial charge in [-0.25, -0.2) is 0 Å². The van der Waals surface area contributed by atoms with Gasteiger partial charge in [0.25, 0.3) is 0 Å². The highest BCUT2D eigenvalue weighted by molar-refractivity contribution is 6.95. The van der Waals surface area contributed by atoms with Crippen molar-refractivity contribution in [2.45, 2.75) is 24.0 Å². The Labute approximate surface area is 74.8 Å². The number of carbonyl (C=O) groups is 1. The quantitative estimate of drug-likeness (QED) is 0.344. The second-order valence-corrected chi connectivity index (χ2v) is 4.09. The van der Waals surface area contributed by atoms with Crippen LogP contribution in [0.25, 0.3) is 0 Å². The van der Waals surface area contributed by atoms with E-state index in [0.29, 0.717) is 6.61 Å². The topological polar surface area (TPSA) is 26.3 Å². The van der Waals surface area contributed by atoms with E-state index in [9.17, 15) is 4.79 Å². The molecule has 0 saturated carbocycles. The van der Waals surface area contributed by atoms with E-state index >= 15 is 0 Å². The molecule has 0 amide bonds. The molecule has 0 N–H and O–H groups in total. The summed E-state index contributed by atoms with van der Waals surface area (Å²) in [4.78, 5) is 10.2. The number of carbonyl (C=O) groups excluding carboxylic acids is 1. The first kappa shape index (κ1) is 10.7. The van der Waals surface area contributed by atoms with Crippen LogP contribution in [0.15, 0.2) is 0 Å². The van der Waals surface area contributed by atoms with Crippen molar-refractivity contribution in [2.75, 3.05) is 6.61 Å². The molecule has 0 saturated heterocycles. The number of aldehydes is 1. The van der Waals surface area contributed by atoms with Gasteiger partial charge in [0, 0.05) is 10.8 Å². The number of hydrogen-bond donors (Lipinski definition) is 0. The average molecular weight is 175 g/mol. The van der Waals surface area contributed by atoms with Crippen LogP contribution in [-0.4, -0.2) is 36.4 Å². The lowest BCUT2D eigenvalue weighted by molar-refractivity contribution is -0.114. The molecule has 1 unspecified atom stereocenters. The molecule has 0 bridgehead atoms. The molecule has 0 aliphatic carbocycles. The Morgan fingerprint density at radius 3 is 2.90 bits per heavy atom. The van der Waals surface area contributed by atoms with Crippen LogP contribution in [0.1, 0.15) is 19.8 Å². The van der Waals surface area contributed by atoms with Gasteiger partial charge in [0.15, 0.2) is 0 Å². The smallest absolute Gasteiger partial charge is 0.397 e. The molecule has 0 aromatic heterocycles. The van der Waals surface area contributed by atoms with Crippen molar-refractivity contribution in [3.63, 3.8) is 0 Å². The molecule has 0 spiro atoms. The predicted octanol–water partition coefficient (Wildman–Crippen LogP) is 1.19. The molecule has 0 fully saturated rings. The van der Waals surface area contributed by atoms with E-state index in [-0.39, 0.29) is 4.23 Å². The fourth-order valence-corrected chi connectivity index (χ4v) is 1.31. The highest BCUT2D eigenvalue weighted by atomic mass is 35.5. The van der Waals surface area contributed by atoms with Gasteiger partial charge in [-0.1, -0.05) is 13.3 Å². The van der Waals surface area contributed by atoms with Crippen LogP contribution in [0.5, 0.6) is 0 Å². The molecule has 0 heterocycles. The summed E-state index contributed by atoms with van der Waals surface area (Å²) >= 11 is -0.818. The maximum Gasteiger partial charge on any atom is 0.549 e. The van der Waals surface area contributed by atoms with Gasteiger partial charge in [-0.05, 0) is 6.42 Å². The van der Waals surface area contributed by atoms with E-state index in [0.717, 1.165) is 19.1 Å². The molecule has 2 nitrogen and oxygen atoms in total. The van der Waals surface area contributed by atoms with Gasteiger partial charge in [0.1, 0.15) is 6.29 Å². The summed E-state index contributed by atoms with van der Waals surface area (Å²) in [5.74, 6) is 0. The Kier molecular flexibility index (Phi) is 8.32. The number of unbranched alkanes of at least 4 members (excludes halogenated alkanes) is 1. The summed E-state index contributed by atoms with van der Waals surface area (Å²) in [7, 11) is 5.53. The standard InChI is InChI=1S/C6H11O2.ClH.Mg/c1-2-3-5-8-6-4-7;;/h4,6H,2-3,5H2,1H3;1H;/q;;+1/p-1. The molecule has 10 heavy (non-hydrogen) atoms. The van der Waals surface area contributed by atoms with Crippen LogP contribution in [-0.2, 0) is 9.53 Å². The maximum absolute atomic E-state index is 10.2. The highest BCUT2D eigenvalue weighted by Crippen LogP contribution is 1.93. The number of hydrogen-bond acceptors (Lipinski definition) is 2. The van der Waals surface area contributed by atoms with Crippen LogP contribution in [0.4, 0.5) is 0 Å². The van der Waals surface area contributed by atoms with E-state index in [1.807, 2.05) is 0 Å². The van der Waals surface area contributed by atoms with Crippen molar-refractivity contribution in [3.8, 4) is 0 Å². The summed E-state index contributed by atoms with van der Waals surface area (Å²) in [6.07, 6.45) is 2.90. The molecule has 4 heteroatoms. The Hall–Kier alpha value is 0.686. The first-order chi connectivity index (χ1) is 4.85. The molecule has 0 rings (SSSR count). The summed E-state index contributed by atoms with van der Waals surface area (Å²) in [5.41, 5.74) is 0. The zero-order valence-electron chi connectivity index (χ0n) is 6.18. The lowest BCUT2D eigenvalue weighted by atomic mass is 10.4. The number of rotatable bonds is 6. The SMILES string of the molecule is CCCCO[CH](C=O)[Mg][Cl]. The summed E-state index contributed by atoms with van der Waals surface area (Å²) in [5, 5.41) is 0. The third-order valence-corrected chi connectivity index (χ3v) is 2.78. The largest absolute Gasteiger partial charge is 0.549 e. The van der Waals surface area contributed by atoms with Crippen LogP contribution >= 0.6 is 9.07 Å². The fraction of sp³-hybridized carbons (Fsp3) is 0.833. The first-order valence-electron chi connectivity index (χ1n) is 3.48. The van der Waals surface area contributed by atoms with Gasteiger partial charge in [0.2, 0.25) is 0 Å². The molecule has 0 aliphatic heterocycles. The number of halogens is 1. The maximum atomic E-state index is 10.2. The van der Waals surface area contributed by atoms with E-state index < -0.39 is 19.3 Å². The Morgan fingerprint density at radius 1 is 1.80 bits per heavy atom. The van der Waals surface area contributed by atoms with E-state index in [4.69, 9.17) is 13.8 Å². The summed E-state index contributed by atoms with van der Waals surface area (Å²) in [6.45, 7) is 2.75. The van der Waals surface area contributed by atoms with Crippen molar-refractivity contribution >= 4 is 34.6 Å². The van der Waals surface area contributed by atoms with Crippen molar-refractivity contribution in [1.29, 1.82) is 0 Å². The number of ether oxygens (including phenoxy) is 1. The Bertz CT molecular complexity index is 89.8. The zero-order valence-corrected chi connectivity index (χ0v) is 8.35. The molecule has 1 atom stereocenters. The second kappa shape index (κ2) is 7.79. The van der Waals surface area contributed by atoms with Crippen molar-refractivity contribution < 1.29 is 9.53 Å². The minimum absolute atomic E-state index is 0.270. The van der Waals surface area contributed by atoms with Crippen molar-refractivity contribution in [3.05, 3.63) is 0 Å². The molecule has 0 aromatic carbocycles. The van der Waals surface area contributed by atoms with Gasteiger partial charge in [-0.2, -0.15) is 0 Å². The van der Waals surface area contributed by atoms with Crippen molar-refractivity contribution in [2.24, 2.45) is 0 Å². The Balaban J connectivity index is 3.17. The van der Waals surface area contributed by atoms with Gasteiger partial charge in [-0.15, -0.1) is 0 Å². The Morgan fingerprint density at radius 2 is 2.50 bits per heavy atom. The van der Waals surface area contributed by atoms with Crippen LogP contribution in [0.3, 0.4) is 0 Å². The molecular formula is C6H11ClMgO2. The van der Waals surface area contributed by atoms with Crippen LogP contribution in [0, 0.1) is 0 Å². The van der Waals surface area contributed by atoms with E-state index in [1.54, 1.807) is 0 Å². The van der Waals surface area contributed by atoms with Crippen molar-refractivity contribution in [1.82, 2.24) is 0 Å². The summed E-state index contributed by atoms with van der Waals surface area (Å²) < 4.78 is 4.87. The second-order valence-electron chi connectivity index (χ2n) is 2.05. The minimum atomic E-state index is -0.818. The minimum Gasteiger partial charge on any atom is -0.397 e. The van der Waals surface area contributed by atoms with E-state index in [1.165, 1.54) is 0 Å². The van der Waals surface area contributed by atoms with Gasteiger partial charge in [-0.3, -0.25) is 0 Å². The van der Waals surface area contributed by atoms with Crippen LogP contribution in [0.2, 0.25) is 0 Å². The molecular weight excluding hydrogens is 164 g/mol. The fourth-order valence-electron chi connectivity index (χ4n) is 0.499. The predicted molar refractivity (Wildman–Crippen MR) is 42.3 cm³/mol. The van der Waals surface area contributed by atoms with Crippen LogP contribution < -0.4 is 0 Å². The van der Waals surface area contributed by atoms with Gasteiger partial charge in [0.05, 0.1) is 0 Å². The normalized spacial score (nSPS) is 12.2. The monoisotopic (exact) mass is 174 g/mol. The molecule has 0 aromatic rings. The first-order valence-corrected chi connectivity index (χ1v) is 6.43. The molecule has 0 aliphatic rings. The third-order valence-electron chi connectivity index (χ3n) is 1.13. The van der Waals surface area contributed by atoms with E-state index in [2.05, 4.69) is 6.92 Å². The molecule has 0 radical (unpaired) electrons. The summed E-state index contributed by atoms with van der Waals surface area (Å²) in [6, 6.07) is 0. The lowest BCUT2D eigenvalue weighted by Gasteiger charge is -2.06. The highest BCUT2D eigenvalue weighted by Gasteiger charge is 2.08. The third kappa shape index (κ3) is 5.47. The molecule has 56 valence electrons. The van der Waals surface area contributed by atoms with Gasteiger partial charge >= 0.3 is 19.3 Å².